The zero-order valence-electron chi connectivity index (χ0n) is 8.12. The molecule has 0 saturated heterocycles. The Labute approximate surface area is 84.9 Å². The van der Waals surface area contributed by atoms with Gasteiger partial charge in [0, 0.05) is 5.03 Å². The van der Waals surface area contributed by atoms with Crippen molar-refractivity contribution in [1.29, 1.82) is 0 Å². The molecule has 2 heteroatoms. The van der Waals surface area contributed by atoms with Gasteiger partial charge in [-0.3, -0.25) is 0 Å². The highest BCUT2D eigenvalue weighted by molar-refractivity contribution is 6.37. The molecular formula is C10H16Cl2. The Morgan fingerprint density at radius 1 is 1.33 bits per heavy atom. The second-order valence-electron chi connectivity index (χ2n) is 5.05. The average Bonchev–Trinajstić information content (AvgIpc) is 1.79. The Morgan fingerprint density at radius 2 is 1.83 bits per heavy atom. The normalized spacial score (nSPS) is 32.8. The molecule has 12 heavy (non-hydrogen) atoms. The third-order valence-corrected chi connectivity index (χ3v) is 3.63. The molecule has 0 aromatic carbocycles. The largest absolute Gasteiger partial charge is 0.116 e. The fraction of sp³-hybridized carbons (Fsp3) is 0.800. The summed E-state index contributed by atoms with van der Waals surface area (Å²) < 4.78 is 0. The van der Waals surface area contributed by atoms with Gasteiger partial charge in [0.05, 0.1) is 5.38 Å². The summed E-state index contributed by atoms with van der Waals surface area (Å²) in [6.45, 7) is 8.73. The zero-order chi connectivity index (χ0) is 9.57. The number of alkyl halides is 1. The minimum atomic E-state index is -0.0211. The fourth-order valence-electron chi connectivity index (χ4n) is 2.13. The lowest BCUT2D eigenvalue weighted by Gasteiger charge is -2.41. The predicted octanol–water partition coefficient (Wildman–Crippen LogP) is 4.17. The lowest BCUT2D eigenvalue weighted by molar-refractivity contribution is 0.224. The quantitative estimate of drug-likeness (QED) is 0.523. The Bertz CT molecular complexity index is 214. The summed E-state index contributed by atoms with van der Waals surface area (Å²) in [5.41, 5.74) is 0.295. The number of hydrogen-bond acceptors (Lipinski definition) is 0. The van der Waals surface area contributed by atoms with E-state index in [0.29, 0.717) is 0 Å². The van der Waals surface area contributed by atoms with Gasteiger partial charge in [-0.2, -0.15) is 0 Å². The summed E-state index contributed by atoms with van der Waals surface area (Å²) in [5, 5.41) is 0.783. The van der Waals surface area contributed by atoms with Crippen LogP contribution < -0.4 is 0 Å². The highest BCUT2D eigenvalue weighted by Gasteiger charge is 2.39. The van der Waals surface area contributed by atoms with Crippen LogP contribution in [0.3, 0.4) is 0 Å². The van der Waals surface area contributed by atoms with E-state index < -0.39 is 0 Å². The molecule has 0 spiro atoms. The Kier molecular flexibility index (Phi) is 2.53. The summed E-state index contributed by atoms with van der Waals surface area (Å²) in [7, 11) is 0. The van der Waals surface area contributed by atoms with Crippen molar-refractivity contribution in [1.82, 2.24) is 0 Å². The van der Waals surface area contributed by atoms with Gasteiger partial charge < -0.3 is 0 Å². The monoisotopic (exact) mass is 206 g/mol. The van der Waals surface area contributed by atoms with Crippen molar-refractivity contribution in [3.8, 4) is 0 Å². The molecule has 1 aliphatic carbocycles. The van der Waals surface area contributed by atoms with Crippen molar-refractivity contribution < 1.29 is 0 Å². The average molecular weight is 207 g/mol. The summed E-state index contributed by atoms with van der Waals surface area (Å²) in [4.78, 5) is 0. The summed E-state index contributed by atoms with van der Waals surface area (Å²) >= 11 is 12.3. The predicted molar refractivity (Wildman–Crippen MR) is 55.8 cm³/mol. The van der Waals surface area contributed by atoms with Crippen LogP contribution in [-0.4, -0.2) is 5.38 Å². The SMILES string of the molecule is CC1(C)C=C(Cl)C(Cl)C(C)(C)C1. The van der Waals surface area contributed by atoms with Crippen LogP contribution in [0.5, 0.6) is 0 Å². The third kappa shape index (κ3) is 1.97. The van der Waals surface area contributed by atoms with Crippen LogP contribution in [0.2, 0.25) is 0 Å². The maximum Gasteiger partial charge on any atom is 0.0740 e. The van der Waals surface area contributed by atoms with E-state index in [0.717, 1.165) is 11.5 Å². The van der Waals surface area contributed by atoms with Crippen molar-refractivity contribution in [2.45, 2.75) is 39.5 Å². The van der Waals surface area contributed by atoms with Gasteiger partial charge >= 0.3 is 0 Å². The van der Waals surface area contributed by atoms with Crippen LogP contribution in [0.4, 0.5) is 0 Å². The fourth-order valence-corrected chi connectivity index (χ4v) is 2.87. The molecule has 0 bridgehead atoms. The van der Waals surface area contributed by atoms with E-state index in [-0.39, 0.29) is 16.2 Å². The first-order valence-electron chi connectivity index (χ1n) is 4.27. The molecule has 0 aromatic heterocycles. The maximum absolute atomic E-state index is 6.19. The molecule has 0 N–H and O–H groups in total. The van der Waals surface area contributed by atoms with E-state index in [1.165, 1.54) is 0 Å². The molecule has 0 radical (unpaired) electrons. The minimum absolute atomic E-state index is 0.0211. The summed E-state index contributed by atoms with van der Waals surface area (Å²) in [6.07, 6.45) is 3.17. The van der Waals surface area contributed by atoms with E-state index in [9.17, 15) is 0 Å². The van der Waals surface area contributed by atoms with Crippen LogP contribution in [-0.2, 0) is 0 Å². The summed E-state index contributed by atoms with van der Waals surface area (Å²) in [5.74, 6) is 0. The molecule has 1 unspecified atom stereocenters. The van der Waals surface area contributed by atoms with Crippen LogP contribution >= 0.6 is 23.2 Å². The van der Waals surface area contributed by atoms with Crippen molar-refractivity contribution in [2.24, 2.45) is 10.8 Å². The topological polar surface area (TPSA) is 0 Å². The zero-order valence-corrected chi connectivity index (χ0v) is 9.63. The molecule has 1 aliphatic rings. The molecule has 0 saturated carbocycles. The molecular weight excluding hydrogens is 191 g/mol. The number of hydrogen-bond donors (Lipinski definition) is 0. The van der Waals surface area contributed by atoms with Crippen LogP contribution in [0.15, 0.2) is 11.1 Å². The first kappa shape index (κ1) is 10.4. The Hall–Kier alpha value is 0.320. The van der Waals surface area contributed by atoms with E-state index in [1.807, 2.05) is 0 Å². The highest BCUT2D eigenvalue weighted by Crippen LogP contribution is 2.47. The maximum atomic E-state index is 6.19. The van der Waals surface area contributed by atoms with E-state index in [2.05, 4.69) is 33.8 Å². The molecule has 70 valence electrons. The summed E-state index contributed by atoms with van der Waals surface area (Å²) in [6, 6.07) is 0. The smallest absolute Gasteiger partial charge is 0.0740 e. The van der Waals surface area contributed by atoms with Gasteiger partial charge in [0.2, 0.25) is 0 Å². The molecule has 0 heterocycles. The third-order valence-electron chi connectivity index (χ3n) is 2.37. The molecule has 0 fully saturated rings. The van der Waals surface area contributed by atoms with Crippen molar-refractivity contribution >= 4 is 23.2 Å². The lowest BCUT2D eigenvalue weighted by atomic mass is 9.69. The second kappa shape index (κ2) is 2.92. The molecule has 0 nitrogen and oxygen atoms in total. The number of rotatable bonds is 0. The first-order chi connectivity index (χ1) is 5.25. The Morgan fingerprint density at radius 3 is 2.25 bits per heavy atom. The van der Waals surface area contributed by atoms with Gasteiger partial charge in [0.15, 0.2) is 0 Å². The molecule has 0 aliphatic heterocycles. The molecule has 1 atom stereocenters. The van der Waals surface area contributed by atoms with Crippen molar-refractivity contribution in [3.05, 3.63) is 11.1 Å². The lowest BCUT2D eigenvalue weighted by Crippen LogP contribution is -2.35. The minimum Gasteiger partial charge on any atom is -0.116 e. The van der Waals surface area contributed by atoms with Crippen LogP contribution in [0.25, 0.3) is 0 Å². The molecule has 1 rings (SSSR count). The van der Waals surface area contributed by atoms with E-state index >= 15 is 0 Å². The first-order valence-corrected chi connectivity index (χ1v) is 5.08. The van der Waals surface area contributed by atoms with Gasteiger partial charge in [0.25, 0.3) is 0 Å². The van der Waals surface area contributed by atoms with E-state index in [4.69, 9.17) is 23.2 Å². The molecule has 0 aromatic rings. The second-order valence-corrected chi connectivity index (χ2v) is 5.92. The van der Waals surface area contributed by atoms with E-state index in [1.54, 1.807) is 0 Å². The van der Waals surface area contributed by atoms with Gasteiger partial charge in [0.1, 0.15) is 0 Å². The van der Waals surface area contributed by atoms with Gasteiger partial charge in [-0.1, -0.05) is 45.4 Å². The molecule has 0 amide bonds. The van der Waals surface area contributed by atoms with Gasteiger partial charge in [-0.05, 0) is 17.3 Å². The van der Waals surface area contributed by atoms with Crippen molar-refractivity contribution in [2.75, 3.05) is 0 Å². The highest BCUT2D eigenvalue weighted by atomic mass is 35.5. The van der Waals surface area contributed by atoms with Crippen LogP contribution in [0, 0.1) is 10.8 Å². The van der Waals surface area contributed by atoms with Gasteiger partial charge in [-0.15, -0.1) is 11.6 Å². The number of allylic oxidation sites excluding steroid dienone is 2. The van der Waals surface area contributed by atoms with Crippen molar-refractivity contribution in [3.63, 3.8) is 0 Å². The Balaban J connectivity index is 3.00. The van der Waals surface area contributed by atoms with Gasteiger partial charge in [-0.25, -0.2) is 0 Å². The standard InChI is InChI=1S/C10H16Cl2/c1-9(2)5-7(11)8(12)10(3,4)6-9/h5,8H,6H2,1-4H3. The van der Waals surface area contributed by atoms with Crippen LogP contribution in [0.1, 0.15) is 34.1 Å². The number of halogens is 2.